The molecule has 3 N–H and O–H groups in total. The van der Waals surface area contributed by atoms with Gasteiger partial charge in [-0.1, -0.05) is 32.1 Å². The van der Waals surface area contributed by atoms with Crippen LogP contribution in [-0.2, 0) is 19.8 Å². The summed E-state index contributed by atoms with van der Waals surface area (Å²) in [4.78, 5) is 39.4. The van der Waals surface area contributed by atoms with Gasteiger partial charge in [-0.25, -0.2) is 4.79 Å². The van der Waals surface area contributed by atoms with Crippen LogP contribution in [-0.4, -0.2) is 78.6 Å². The zero-order valence-corrected chi connectivity index (χ0v) is 22.5. The Morgan fingerprint density at radius 1 is 1.15 bits per heavy atom. The second-order valence-corrected chi connectivity index (χ2v) is 10.8. The fraction of sp³-hybridized carbons (Fsp3) is 0.560. The summed E-state index contributed by atoms with van der Waals surface area (Å²) in [6.45, 7) is 9.34. The van der Waals surface area contributed by atoms with Crippen molar-refractivity contribution < 1.29 is 24.2 Å². The SMILES string of the molecule is CNC(C(=O)NC(C(=O)N(C)C/C=C(\C)C(=O)O)C(C)(C)SC)C(C)(C)c1ccc(OC)cc1. The molecule has 1 rings (SSSR count). The van der Waals surface area contributed by atoms with Crippen LogP contribution in [0, 0.1) is 0 Å². The van der Waals surface area contributed by atoms with Gasteiger partial charge in [-0.05, 0) is 51.8 Å². The summed E-state index contributed by atoms with van der Waals surface area (Å²) in [6, 6.07) is 6.12. The summed E-state index contributed by atoms with van der Waals surface area (Å²) >= 11 is 1.47. The van der Waals surface area contributed by atoms with E-state index < -0.39 is 28.2 Å². The van der Waals surface area contributed by atoms with Gasteiger partial charge in [-0.2, -0.15) is 11.8 Å². The number of hydrogen-bond donors (Lipinski definition) is 3. The number of ether oxygens (including phenoxy) is 1. The number of carbonyl (C=O) groups is 3. The van der Waals surface area contributed by atoms with E-state index >= 15 is 0 Å². The molecule has 0 aliphatic heterocycles. The van der Waals surface area contributed by atoms with Gasteiger partial charge < -0.3 is 25.4 Å². The maximum absolute atomic E-state index is 13.5. The van der Waals surface area contributed by atoms with Crippen molar-refractivity contribution in [2.45, 2.75) is 56.9 Å². The highest BCUT2D eigenvalue weighted by atomic mass is 32.2. The molecule has 0 saturated carbocycles. The van der Waals surface area contributed by atoms with Crippen LogP contribution in [0.3, 0.4) is 0 Å². The molecule has 190 valence electrons. The normalized spacial score (nSPS) is 14.2. The Morgan fingerprint density at radius 3 is 2.15 bits per heavy atom. The number of aliphatic carboxylic acids is 1. The van der Waals surface area contributed by atoms with Gasteiger partial charge in [-0.15, -0.1) is 0 Å². The van der Waals surface area contributed by atoms with Gasteiger partial charge in [0.25, 0.3) is 0 Å². The van der Waals surface area contributed by atoms with Gasteiger partial charge in [0.1, 0.15) is 11.8 Å². The summed E-state index contributed by atoms with van der Waals surface area (Å²) < 4.78 is 4.64. The molecule has 0 heterocycles. The van der Waals surface area contributed by atoms with Gasteiger partial charge in [0, 0.05) is 29.3 Å². The predicted molar refractivity (Wildman–Crippen MR) is 137 cm³/mol. The van der Waals surface area contributed by atoms with E-state index in [2.05, 4.69) is 10.6 Å². The van der Waals surface area contributed by atoms with E-state index in [1.165, 1.54) is 29.7 Å². The van der Waals surface area contributed by atoms with Crippen molar-refractivity contribution in [3.63, 3.8) is 0 Å². The minimum absolute atomic E-state index is 0.126. The summed E-state index contributed by atoms with van der Waals surface area (Å²) in [5.41, 5.74) is 0.511. The quantitative estimate of drug-likeness (QED) is 0.384. The van der Waals surface area contributed by atoms with Crippen molar-refractivity contribution in [1.82, 2.24) is 15.5 Å². The smallest absolute Gasteiger partial charge is 0.331 e. The molecule has 0 aromatic heterocycles. The van der Waals surface area contributed by atoms with Crippen LogP contribution >= 0.6 is 11.8 Å². The number of carboxylic acids is 1. The first kappa shape index (κ1) is 29.5. The first-order valence-corrected chi connectivity index (χ1v) is 12.3. The number of nitrogens with one attached hydrogen (secondary N) is 2. The van der Waals surface area contributed by atoms with Gasteiger partial charge in [0.05, 0.1) is 13.2 Å². The van der Waals surface area contributed by atoms with Crippen LogP contribution in [0.4, 0.5) is 0 Å². The Labute approximate surface area is 207 Å². The van der Waals surface area contributed by atoms with Crippen LogP contribution in [0.2, 0.25) is 0 Å². The molecular formula is C25H39N3O5S. The number of hydrogen-bond acceptors (Lipinski definition) is 6. The van der Waals surface area contributed by atoms with E-state index in [1.54, 1.807) is 21.2 Å². The van der Waals surface area contributed by atoms with E-state index in [0.29, 0.717) is 0 Å². The highest BCUT2D eigenvalue weighted by Crippen LogP contribution is 2.31. The summed E-state index contributed by atoms with van der Waals surface area (Å²) in [5, 5.41) is 15.2. The summed E-state index contributed by atoms with van der Waals surface area (Å²) in [5.74, 6) is -0.894. The lowest BCUT2D eigenvalue weighted by atomic mass is 9.77. The highest BCUT2D eigenvalue weighted by molar-refractivity contribution is 8.00. The average Bonchev–Trinajstić information content (AvgIpc) is 2.80. The fourth-order valence-corrected chi connectivity index (χ4v) is 3.95. The van der Waals surface area contributed by atoms with Crippen LogP contribution < -0.4 is 15.4 Å². The maximum atomic E-state index is 13.5. The molecule has 0 saturated heterocycles. The largest absolute Gasteiger partial charge is 0.497 e. The molecule has 0 spiro atoms. The van der Waals surface area contributed by atoms with E-state index in [4.69, 9.17) is 9.84 Å². The minimum Gasteiger partial charge on any atom is -0.497 e. The third-order valence-electron chi connectivity index (χ3n) is 6.25. The van der Waals surface area contributed by atoms with Gasteiger partial charge in [0.15, 0.2) is 0 Å². The second-order valence-electron chi connectivity index (χ2n) is 9.33. The van der Waals surface area contributed by atoms with E-state index in [9.17, 15) is 14.4 Å². The molecule has 9 heteroatoms. The Bertz CT molecular complexity index is 896. The van der Waals surface area contributed by atoms with Crippen LogP contribution in [0.5, 0.6) is 5.75 Å². The maximum Gasteiger partial charge on any atom is 0.331 e. The lowest BCUT2D eigenvalue weighted by molar-refractivity contribution is -0.136. The molecule has 0 aliphatic carbocycles. The average molecular weight is 494 g/mol. The van der Waals surface area contributed by atoms with Gasteiger partial charge in [0.2, 0.25) is 11.8 Å². The first-order valence-electron chi connectivity index (χ1n) is 11.0. The molecule has 0 radical (unpaired) electrons. The zero-order valence-electron chi connectivity index (χ0n) is 21.7. The zero-order chi connectivity index (χ0) is 26.3. The predicted octanol–water partition coefficient (Wildman–Crippen LogP) is 2.68. The van der Waals surface area contributed by atoms with Crippen molar-refractivity contribution in [2.75, 3.05) is 34.0 Å². The molecule has 0 fully saturated rings. The number of carboxylic acid groups (broad SMARTS) is 1. The number of carbonyl (C=O) groups excluding carboxylic acids is 2. The third kappa shape index (κ3) is 7.24. The summed E-state index contributed by atoms with van der Waals surface area (Å²) in [7, 11) is 4.92. The van der Waals surface area contributed by atoms with Crippen molar-refractivity contribution in [2.24, 2.45) is 0 Å². The molecule has 0 bridgehead atoms. The Hall–Kier alpha value is -2.52. The molecule has 2 amide bonds. The van der Waals surface area contributed by atoms with Crippen LogP contribution in [0.1, 0.15) is 40.2 Å². The number of benzene rings is 1. The monoisotopic (exact) mass is 493 g/mol. The van der Waals surface area contributed by atoms with Crippen LogP contribution in [0.25, 0.3) is 0 Å². The Balaban J connectivity index is 3.20. The van der Waals surface area contributed by atoms with Crippen molar-refractivity contribution >= 4 is 29.5 Å². The van der Waals surface area contributed by atoms with E-state index in [0.717, 1.165) is 11.3 Å². The minimum atomic E-state index is -1.03. The molecule has 1 aromatic carbocycles. The Morgan fingerprint density at radius 2 is 1.71 bits per heavy atom. The van der Waals surface area contributed by atoms with Crippen molar-refractivity contribution in [3.8, 4) is 5.75 Å². The molecule has 2 unspecified atom stereocenters. The third-order valence-corrected chi connectivity index (χ3v) is 7.53. The molecule has 34 heavy (non-hydrogen) atoms. The molecule has 1 aromatic rings. The molecule has 0 aliphatic rings. The molecule has 8 nitrogen and oxygen atoms in total. The standard InChI is InChI=1S/C25H39N3O5S/c1-16(23(31)32)14-15-28(7)22(30)20(25(4,5)34-9)27-21(29)19(26-6)24(2,3)17-10-12-18(33-8)13-11-17/h10-14,19-20,26H,15H2,1-9H3,(H,27,29)(H,31,32)/b16-14+. The number of amides is 2. The van der Waals surface area contributed by atoms with Crippen LogP contribution in [0.15, 0.2) is 35.9 Å². The lowest BCUT2D eigenvalue weighted by Crippen LogP contribution is -2.62. The van der Waals surface area contributed by atoms with Gasteiger partial charge >= 0.3 is 5.97 Å². The number of rotatable bonds is 12. The summed E-state index contributed by atoms with van der Waals surface area (Å²) in [6.07, 6.45) is 3.37. The Kier molecular flexibility index (Phi) is 10.6. The fourth-order valence-electron chi connectivity index (χ4n) is 3.55. The number of likely N-dealkylation sites (N-methyl/N-ethyl adjacent to an activating group) is 2. The second kappa shape index (κ2) is 12.3. The van der Waals surface area contributed by atoms with Crippen molar-refractivity contribution in [1.29, 1.82) is 0 Å². The van der Waals surface area contributed by atoms with E-state index in [1.807, 2.05) is 58.2 Å². The van der Waals surface area contributed by atoms with Gasteiger partial charge in [-0.3, -0.25) is 9.59 Å². The number of thioether (sulfide) groups is 1. The lowest BCUT2D eigenvalue weighted by Gasteiger charge is -2.38. The van der Waals surface area contributed by atoms with E-state index in [-0.39, 0.29) is 23.9 Å². The molecular weight excluding hydrogens is 454 g/mol. The number of methoxy groups -OCH3 is 1. The molecule has 2 atom stereocenters. The first-order chi connectivity index (χ1) is 15.7. The topological polar surface area (TPSA) is 108 Å². The number of nitrogens with zero attached hydrogens (tertiary/aromatic N) is 1. The highest BCUT2D eigenvalue weighted by Gasteiger charge is 2.42. The van der Waals surface area contributed by atoms with Crippen molar-refractivity contribution in [3.05, 3.63) is 41.5 Å².